The number of unbranched alkanes of at least 4 members (excludes halogenated alkanes) is 22. The maximum absolute atomic E-state index is 13.1. The van der Waals surface area contributed by atoms with Crippen molar-refractivity contribution >= 4 is 11.9 Å². The number of hydrogen-bond donors (Lipinski definition) is 3. The SMILES string of the molecule is CC/C=C/C=C/C=C\C=C/C=C/CCCC(=O)OC(CCCCC/C=C/CCCCCCCCCCC)CC(=O)NC(CO)C(O)CCCCCCCCCCCC. The van der Waals surface area contributed by atoms with Crippen molar-refractivity contribution in [3.63, 3.8) is 0 Å². The highest BCUT2D eigenvalue weighted by molar-refractivity contribution is 5.77. The lowest BCUT2D eigenvalue weighted by Gasteiger charge is -2.24. The van der Waals surface area contributed by atoms with Crippen molar-refractivity contribution < 1.29 is 24.5 Å². The maximum atomic E-state index is 13.1. The van der Waals surface area contributed by atoms with E-state index in [1.54, 1.807) is 0 Å². The predicted octanol–water partition coefficient (Wildman–Crippen LogP) is 14.2. The summed E-state index contributed by atoms with van der Waals surface area (Å²) in [4.78, 5) is 26.0. The molecule has 0 aliphatic rings. The van der Waals surface area contributed by atoms with Crippen LogP contribution in [0.5, 0.6) is 0 Å². The number of aliphatic hydroxyl groups is 2. The van der Waals surface area contributed by atoms with Crippen molar-refractivity contribution in [2.75, 3.05) is 6.61 Å². The molecule has 0 heterocycles. The van der Waals surface area contributed by atoms with E-state index >= 15 is 0 Å². The third-order valence-corrected chi connectivity index (χ3v) is 10.6. The van der Waals surface area contributed by atoms with Crippen LogP contribution in [-0.2, 0) is 14.3 Å². The molecule has 0 aliphatic heterocycles. The summed E-state index contributed by atoms with van der Waals surface area (Å²) in [5.74, 6) is -0.581. The van der Waals surface area contributed by atoms with Crippen LogP contribution >= 0.6 is 0 Å². The van der Waals surface area contributed by atoms with E-state index in [1.807, 2.05) is 54.7 Å². The summed E-state index contributed by atoms with van der Waals surface area (Å²) < 4.78 is 5.87. The topological polar surface area (TPSA) is 95.9 Å². The molecule has 334 valence electrons. The average Bonchev–Trinajstić information content (AvgIpc) is 3.22. The smallest absolute Gasteiger partial charge is 0.306 e. The molecule has 0 radical (unpaired) electrons. The van der Waals surface area contributed by atoms with E-state index in [-0.39, 0.29) is 24.9 Å². The molecule has 58 heavy (non-hydrogen) atoms. The number of aliphatic hydroxyl groups excluding tert-OH is 2. The molecule has 0 saturated heterocycles. The monoisotopic (exact) mass is 810 g/mol. The van der Waals surface area contributed by atoms with Crippen molar-refractivity contribution in [3.8, 4) is 0 Å². The van der Waals surface area contributed by atoms with E-state index in [9.17, 15) is 19.8 Å². The highest BCUT2D eigenvalue weighted by Gasteiger charge is 2.24. The number of ether oxygens (including phenoxy) is 1. The fourth-order valence-corrected chi connectivity index (χ4v) is 6.98. The van der Waals surface area contributed by atoms with Gasteiger partial charge in [-0.2, -0.15) is 0 Å². The van der Waals surface area contributed by atoms with Crippen LogP contribution in [0.3, 0.4) is 0 Å². The molecule has 0 aliphatic carbocycles. The quantitative estimate of drug-likeness (QED) is 0.0247. The Kier molecular flexibility index (Phi) is 43.3. The molecule has 0 aromatic rings. The first-order valence-corrected chi connectivity index (χ1v) is 24.2. The van der Waals surface area contributed by atoms with Crippen molar-refractivity contribution in [1.29, 1.82) is 0 Å². The van der Waals surface area contributed by atoms with Gasteiger partial charge < -0.3 is 20.3 Å². The largest absolute Gasteiger partial charge is 0.462 e. The van der Waals surface area contributed by atoms with Gasteiger partial charge in [0.05, 0.1) is 25.2 Å². The van der Waals surface area contributed by atoms with Gasteiger partial charge in [-0.15, -0.1) is 0 Å². The van der Waals surface area contributed by atoms with Gasteiger partial charge in [0.1, 0.15) is 6.10 Å². The van der Waals surface area contributed by atoms with Crippen LogP contribution < -0.4 is 5.32 Å². The minimum atomic E-state index is -0.805. The van der Waals surface area contributed by atoms with Crippen LogP contribution in [0.25, 0.3) is 0 Å². The van der Waals surface area contributed by atoms with E-state index in [1.165, 1.54) is 103 Å². The van der Waals surface area contributed by atoms with Crippen molar-refractivity contribution in [2.24, 2.45) is 0 Å². The van der Waals surface area contributed by atoms with Gasteiger partial charge in [0, 0.05) is 6.42 Å². The van der Waals surface area contributed by atoms with E-state index in [0.29, 0.717) is 25.7 Å². The van der Waals surface area contributed by atoms with Crippen molar-refractivity contribution in [1.82, 2.24) is 5.32 Å². The first-order chi connectivity index (χ1) is 28.5. The molecular weight excluding hydrogens is 719 g/mol. The molecule has 1 amide bonds. The molecule has 0 fully saturated rings. The lowest BCUT2D eigenvalue weighted by atomic mass is 10.0. The van der Waals surface area contributed by atoms with Gasteiger partial charge in [0.25, 0.3) is 0 Å². The Morgan fingerprint density at radius 3 is 1.47 bits per heavy atom. The molecule has 3 unspecified atom stereocenters. The summed E-state index contributed by atoms with van der Waals surface area (Å²) in [6, 6.07) is -0.722. The van der Waals surface area contributed by atoms with E-state index in [2.05, 4.69) is 44.3 Å². The number of esters is 1. The first-order valence-electron chi connectivity index (χ1n) is 24.2. The zero-order valence-electron chi connectivity index (χ0n) is 37.9. The van der Waals surface area contributed by atoms with Crippen LogP contribution in [0, 0.1) is 0 Å². The number of carbonyl (C=O) groups excluding carboxylic acids is 2. The predicted molar refractivity (Wildman–Crippen MR) is 250 cm³/mol. The van der Waals surface area contributed by atoms with Crippen LogP contribution in [0.15, 0.2) is 72.9 Å². The Balaban J connectivity index is 4.74. The van der Waals surface area contributed by atoms with E-state index < -0.39 is 18.2 Å². The number of nitrogens with one attached hydrogen (secondary N) is 1. The Bertz CT molecular complexity index is 1090. The second-order valence-electron chi connectivity index (χ2n) is 16.2. The van der Waals surface area contributed by atoms with Gasteiger partial charge in [-0.25, -0.2) is 0 Å². The maximum Gasteiger partial charge on any atom is 0.306 e. The fraction of sp³-hybridized carbons (Fsp3) is 0.731. The van der Waals surface area contributed by atoms with Gasteiger partial charge >= 0.3 is 5.97 Å². The zero-order chi connectivity index (χ0) is 42.4. The third kappa shape index (κ3) is 40.1. The molecule has 3 N–H and O–H groups in total. The van der Waals surface area contributed by atoms with Gasteiger partial charge in [-0.05, 0) is 64.2 Å². The second kappa shape index (κ2) is 45.4. The minimum Gasteiger partial charge on any atom is -0.462 e. The van der Waals surface area contributed by atoms with Crippen LogP contribution in [0.1, 0.15) is 220 Å². The van der Waals surface area contributed by atoms with Gasteiger partial charge in [0.2, 0.25) is 5.91 Å². The summed E-state index contributed by atoms with van der Waals surface area (Å²) in [7, 11) is 0. The lowest BCUT2D eigenvalue weighted by Crippen LogP contribution is -2.46. The summed E-state index contributed by atoms with van der Waals surface area (Å²) in [5.41, 5.74) is 0. The van der Waals surface area contributed by atoms with Gasteiger partial charge in [-0.1, -0.05) is 216 Å². The molecule has 0 aromatic heterocycles. The number of carbonyl (C=O) groups is 2. The van der Waals surface area contributed by atoms with Crippen LogP contribution in [0.2, 0.25) is 0 Å². The van der Waals surface area contributed by atoms with E-state index in [0.717, 1.165) is 64.2 Å². The number of amides is 1. The van der Waals surface area contributed by atoms with Gasteiger partial charge in [-0.3, -0.25) is 9.59 Å². The molecule has 0 saturated carbocycles. The fourth-order valence-electron chi connectivity index (χ4n) is 6.98. The molecular formula is C52H91NO5. The number of rotatable bonds is 42. The molecule has 0 rings (SSSR count). The molecule has 0 aromatic carbocycles. The standard InChI is InChI=1S/C52H91NO5/c1-4-7-10-13-16-19-22-24-25-26-28-29-31-34-37-40-43-48(58-52(57)45-42-39-36-33-30-27-23-20-17-14-11-8-5-2)46-51(56)53-49(47-54)50(55)44-41-38-35-32-21-18-15-12-9-6-3/h8,11,14,17,20,23,27-30,33,36,48-50,54-55H,4-7,9-10,12-13,15-16,18-19,21-22,24-26,31-32,34-35,37-47H2,1-3H3,(H,53,56)/b11-8+,17-14+,23-20-,29-28+,30-27-,36-33+. The first kappa shape index (κ1) is 55.3. The second-order valence-corrected chi connectivity index (χ2v) is 16.2. The Hall–Kier alpha value is -2.70. The Morgan fingerprint density at radius 1 is 0.517 bits per heavy atom. The summed E-state index contributed by atoms with van der Waals surface area (Å²) in [6.07, 6.45) is 56.8. The third-order valence-electron chi connectivity index (χ3n) is 10.6. The molecule has 3 atom stereocenters. The van der Waals surface area contributed by atoms with Gasteiger partial charge in [0.15, 0.2) is 0 Å². The lowest BCUT2D eigenvalue weighted by molar-refractivity contribution is -0.151. The zero-order valence-corrected chi connectivity index (χ0v) is 37.9. The van der Waals surface area contributed by atoms with E-state index in [4.69, 9.17) is 4.74 Å². The Morgan fingerprint density at radius 2 is 0.948 bits per heavy atom. The molecule has 6 heteroatoms. The minimum absolute atomic E-state index is 0.0359. The summed E-state index contributed by atoms with van der Waals surface area (Å²) >= 11 is 0. The molecule has 6 nitrogen and oxygen atoms in total. The van der Waals surface area contributed by atoms with Crippen LogP contribution in [-0.4, -0.2) is 46.9 Å². The average molecular weight is 810 g/mol. The van der Waals surface area contributed by atoms with Crippen LogP contribution in [0.4, 0.5) is 0 Å². The summed E-state index contributed by atoms with van der Waals surface area (Å²) in [6.45, 7) is 6.30. The molecule has 0 bridgehead atoms. The number of hydrogen-bond acceptors (Lipinski definition) is 5. The highest BCUT2D eigenvalue weighted by atomic mass is 16.5. The van der Waals surface area contributed by atoms with Crippen molar-refractivity contribution in [2.45, 2.75) is 238 Å². The highest BCUT2D eigenvalue weighted by Crippen LogP contribution is 2.17. The normalized spacial score (nSPS) is 13.9. The Labute approximate surface area is 358 Å². The number of allylic oxidation sites excluding steroid dienone is 12. The van der Waals surface area contributed by atoms with Crippen molar-refractivity contribution in [3.05, 3.63) is 72.9 Å². The summed E-state index contributed by atoms with van der Waals surface area (Å²) in [5, 5.41) is 23.6. The molecule has 0 spiro atoms.